The van der Waals surface area contributed by atoms with Gasteiger partial charge in [-0.3, -0.25) is 19.7 Å². The summed E-state index contributed by atoms with van der Waals surface area (Å²) >= 11 is 0. The highest BCUT2D eigenvalue weighted by Gasteiger charge is 2.15. The van der Waals surface area contributed by atoms with Crippen LogP contribution >= 0.6 is 0 Å². The molecular weight excluding hydrogens is 354 g/mol. The summed E-state index contributed by atoms with van der Waals surface area (Å²) in [7, 11) is 1.62. The summed E-state index contributed by atoms with van der Waals surface area (Å²) in [6.07, 6.45) is 3.51. The van der Waals surface area contributed by atoms with E-state index in [1.807, 2.05) is 59.2 Å². The molecule has 140 valence electrons. The fraction of sp³-hybridized carbons (Fsp3) is 0.0952. The van der Waals surface area contributed by atoms with Crippen LogP contribution in [0.15, 0.2) is 67.0 Å². The van der Waals surface area contributed by atoms with E-state index in [4.69, 9.17) is 10.5 Å². The summed E-state index contributed by atoms with van der Waals surface area (Å²) in [6, 6.07) is 17.4. The lowest BCUT2D eigenvalue weighted by molar-refractivity contribution is -0.115. The third kappa shape index (κ3) is 3.30. The van der Waals surface area contributed by atoms with Gasteiger partial charge in [-0.2, -0.15) is 0 Å². The van der Waals surface area contributed by atoms with E-state index in [1.165, 1.54) is 0 Å². The Labute approximate surface area is 161 Å². The van der Waals surface area contributed by atoms with E-state index < -0.39 is 0 Å². The molecule has 0 unspecified atom stereocenters. The van der Waals surface area contributed by atoms with Crippen molar-refractivity contribution in [3.05, 3.63) is 67.0 Å². The Bertz CT molecular complexity index is 1120. The molecule has 4 aromatic rings. The molecule has 0 aliphatic heterocycles. The number of carbonyl (C=O) groups is 1. The molecular formula is C21H19N5O2. The van der Waals surface area contributed by atoms with Crippen molar-refractivity contribution < 1.29 is 9.53 Å². The molecule has 0 saturated carbocycles. The number of hydrogen-bond acceptors (Lipinski definition) is 5. The Morgan fingerprint density at radius 2 is 1.82 bits per heavy atom. The molecule has 0 aliphatic rings. The summed E-state index contributed by atoms with van der Waals surface area (Å²) in [5.74, 6) is 0.861. The van der Waals surface area contributed by atoms with Crippen molar-refractivity contribution in [3.8, 4) is 22.6 Å². The third-order valence-electron chi connectivity index (χ3n) is 4.44. The van der Waals surface area contributed by atoms with E-state index in [0.717, 1.165) is 33.6 Å². The van der Waals surface area contributed by atoms with Gasteiger partial charge in [0.1, 0.15) is 5.75 Å². The van der Waals surface area contributed by atoms with Crippen molar-refractivity contribution in [2.75, 3.05) is 19.0 Å². The fourth-order valence-corrected chi connectivity index (χ4v) is 3.05. The number of fused-ring (bicyclic) bond motifs is 1. The van der Waals surface area contributed by atoms with Crippen molar-refractivity contribution in [2.24, 2.45) is 5.73 Å². The molecule has 3 N–H and O–H groups in total. The lowest BCUT2D eigenvalue weighted by Crippen LogP contribution is -2.23. The van der Waals surface area contributed by atoms with E-state index in [9.17, 15) is 4.79 Å². The van der Waals surface area contributed by atoms with Crippen molar-refractivity contribution in [2.45, 2.75) is 0 Å². The van der Waals surface area contributed by atoms with E-state index in [1.54, 1.807) is 19.5 Å². The largest absolute Gasteiger partial charge is 0.497 e. The van der Waals surface area contributed by atoms with Gasteiger partial charge >= 0.3 is 0 Å². The second kappa shape index (κ2) is 7.50. The predicted molar refractivity (Wildman–Crippen MR) is 109 cm³/mol. The summed E-state index contributed by atoms with van der Waals surface area (Å²) in [5.41, 5.74) is 10.0. The van der Waals surface area contributed by atoms with Crippen LogP contribution in [0.5, 0.6) is 5.75 Å². The number of anilines is 1. The van der Waals surface area contributed by atoms with Crippen LogP contribution in [-0.2, 0) is 4.79 Å². The molecule has 2 aromatic heterocycles. The van der Waals surface area contributed by atoms with Crippen LogP contribution in [0.25, 0.3) is 27.8 Å². The van der Waals surface area contributed by atoms with Crippen LogP contribution in [0.4, 0.5) is 5.95 Å². The molecule has 0 aliphatic carbocycles. The zero-order valence-corrected chi connectivity index (χ0v) is 15.3. The zero-order valence-electron chi connectivity index (χ0n) is 15.3. The number of benzene rings is 2. The number of amides is 1. The highest BCUT2D eigenvalue weighted by atomic mass is 16.5. The van der Waals surface area contributed by atoms with Gasteiger partial charge in [0, 0.05) is 18.1 Å². The molecule has 1 amide bonds. The number of nitrogens with two attached hydrogens (primary N) is 1. The maximum Gasteiger partial charge on any atom is 0.240 e. The number of carbonyl (C=O) groups excluding carboxylic acids is 1. The number of imidazole rings is 1. The molecule has 4 rings (SSSR count). The molecule has 7 heteroatoms. The Morgan fingerprint density at radius 1 is 1.07 bits per heavy atom. The Balaban J connectivity index is 1.90. The average Bonchev–Trinajstić information content (AvgIpc) is 3.11. The van der Waals surface area contributed by atoms with Gasteiger partial charge in [0.2, 0.25) is 11.9 Å². The first-order valence-corrected chi connectivity index (χ1v) is 8.77. The monoisotopic (exact) mass is 373 g/mol. The van der Waals surface area contributed by atoms with Crippen molar-refractivity contribution in [1.82, 2.24) is 14.5 Å². The lowest BCUT2D eigenvalue weighted by Gasteiger charge is -2.11. The van der Waals surface area contributed by atoms with Gasteiger partial charge in [0.25, 0.3) is 0 Å². The zero-order chi connectivity index (χ0) is 19.5. The predicted octanol–water partition coefficient (Wildman–Crippen LogP) is 2.99. The van der Waals surface area contributed by atoms with Crippen molar-refractivity contribution in [1.29, 1.82) is 0 Å². The molecule has 0 radical (unpaired) electrons. The maximum absolute atomic E-state index is 11.9. The first-order chi connectivity index (χ1) is 13.7. The second-order valence-corrected chi connectivity index (χ2v) is 6.16. The summed E-state index contributed by atoms with van der Waals surface area (Å²) in [6.45, 7) is -0.117. The lowest BCUT2D eigenvalue weighted by atomic mass is 10.1. The van der Waals surface area contributed by atoms with Gasteiger partial charge in [-0.1, -0.05) is 6.07 Å². The minimum Gasteiger partial charge on any atom is -0.497 e. The number of rotatable bonds is 5. The third-order valence-corrected chi connectivity index (χ3v) is 4.44. The van der Waals surface area contributed by atoms with Gasteiger partial charge in [0.15, 0.2) is 0 Å². The van der Waals surface area contributed by atoms with E-state index in [-0.39, 0.29) is 12.5 Å². The molecule has 28 heavy (non-hydrogen) atoms. The fourth-order valence-electron chi connectivity index (χ4n) is 3.05. The van der Waals surface area contributed by atoms with Crippen molar-refractivity contribution in [3.63, 3.8) is 0 Å². The quantitative estimate of drug-likeness (QED) is 0.561. The van der Waals surface area contributed by atoms with Crippen LogP contribution in [0.1, 0.15) is 0 Å². The van der Waals surface area contributed by atoms with E-state index in [0.29, 0.717) is 5.95 Å². The van der Waals surface area contributed by atoms with Crippen LogP contribution in [0, 0.1) is 0 Å². The highest BCUT2D eigenvalue weighted by molar-refractivity contribution is 5.94. The topological polar surface area (TPSA) is 95.1 Å². The van der Waals surface area contributed by atoms with Crippen molar-refractivity contribution >= 4 is 22.9 Å². The van der Waals surface area contributed by atoms with Crippen LogP contribution in [0.2, 0.25) is 0 Å². The molecule has 2 aromatic carbocycles. The van der Waals surface area contributed by atoms with Crippen LogP contribution in [0.3, 0.4) is 0 Å². The SMILES string of the molecule is COc1ccc(-n2c(NC(=O)CN)nc3ccc(-c4ccncc4)cc32)cc1. The van der Waals surface area contributed by atoms with Crippen LogP contribution in [-0.4, -0.2) is 34.1 Å². The van der Waals surface area contributed by atoms with Crippen LogP contribution < -0.4 is 15.8 Å². The number of pyridine rings is 1. The Kier molecular flexibility index (Phi) is 4.74. The maximum atomic E-state index is 11.9. The molecule has 0 saturated heterocycles. The van der Waals surface area contributed by atoms with Gasteiger partial charge in [-0.15, -0.1) is 0 Å². The first kappa shape index (κ1) is 17.7. The Hall–Kier alpha value is -3.71. The molecule has 0 fully saturated rings. The molecule has 2 heterocycles. The first-order valence-electron chi connectivity index (χ1n) is 8.77. The summed E-state index contributed by atoms with van der Waals surface area (Å²) in [5, 5.41) is 2.78. The minimum atomic E-state index is -0.306. The number of nitrogens with zero attached hydrogens (tertiary/aromatic N) is 3. The van der Waals surface area contributed by atoms with Gasteiger partial charge in [0.05, 0.1) is 24.7 Å². The molecule has 0 bridgehead atoms. The standard InChI is InChI=1S/C21H19N5O2/c1-28-17-5-3-16(4-6-17)26-19-12-15(14-8-10-23-11-9-14)2-7-18(19)24-21(26)25-20(27)13-22/h2-12H,13,22H2,1H3,(H,24,25,27). The van der Waals surface area contributed by atoms with Gasteiger partial charge < -0.3 is 10.5 Å². The smallest absolute Gasteiger partial charge is 0.240 e. The number of nitrogens with one attached hydrogen (secondary N) is 1. The van der Waals surface area contributed by atoms with E-state index >= 15 is 0 Å². The molecule has 0 spiro atoms. The second-order valence-electron chi connectivity index (χ2n) is 6.16. The number of ether oxygens (including phenoxy) is 1. The normalized spacial score (nSPS) is 10.8. The Morgan fingerprint density at radius 3 is 2.50 bits per heavy atom. The highest BCUT2D eigenvalue weighted by Crippen LogP contribution is 2.30. The number of hydrogen-bond donors (Lipinski definition) is 2. The van der Waals surface area contributed by atoms with Gasteiger partial charge in [-0.25, -0.2) is 4.98 Å². The van der Waals surface area contributed by atoms with Gasteiger partial charge in [-0.05, 0) is 59.7 Å². The minimum absolute atomic E-state index is 0.117. The molecule has 0 atom stereocenters. The average molecular weight is 373 g/mol. The summed E-state index contributed by atoms with van der Waals surface area (Å²) < 4.78 is 7.14. The molecule has 7 nitrogen and oxygen atoms in total. The number of aromatic nitrogens is 3. The van der Waals surface area contributed by atoms with E-state index in [2.05, 4.69) is 15.3 Å². The summed E-state index contributed by atoms with van der Waals surface area (Å²) in [4.78, 5) is 20.6. The number of methoxy groups -OCH3 is 1.